The molecular formula is C36H34F4N6O4. The number of carboxylic acids is 1. The standard InChI is InChI=1S/C36H34F4N6O4/c1-2-23-26(38)6-5-19-11-22(47)13-24(29(19)23)30-27(39)14-25-32(31(30)40)41-35(50-18-36-7-3-9-45(36)16-20(37)15-36)42-33(25)44-8-4-10-46-21(17-44)12-28(43-46)34(48)49/h5-6,11-14,20,47H,2-4,7-10,15-18H2,1H3,(H,48,49)/t20-,36+/m1/s1. The molecule has 5 heterocycles. The molecular weight excluding hydrogens is 656 g/mol. The smallest absolute Gasteiger partial charge is 0.356 e. The molecule has 2 fully saturated rings. The predicted molar refractivity (Wildman–Crippen MR) is 177 cm³/mol. The number of phenolic OH excluding ortho intramolecular Hbond substituents is 1. The first-order valence-electron chi connectivity index (χ1n) is 16.8. The number of anilines is 1. The summed E-state index contributed by atoms with van der Waals surface area (Å²) in [5.74, 6) is -3.83. The first kappa shape index (κ1) is 32.2. The number of aromatic carboxylic acids is 1. The maximum absolute atomic E-state index is 17.0. The van der Waals surface area contributed by atoms with Gasteiger partial charge in [0.05, 0.1) is 23.3 Å². The predicted octanol–water partition coefficient (Wildman–Crippen LogP) is 6.40. The number of benzene rings is 3. The Kier molecular flexibility index (Phi) is 7.81. The van der Waals surface area contributed by atoms with Crippen LogP contribution in [0.2, 0.25) is 0 Å². The van der Waals surface area contributed by atoms with Crippen molar-refractivity contribution in [2.75, 3.05) is 31.1 Å². The minimum Gasteiger partial charge on any atom is -0.508 e. The molecule has 3 aliphatic rings. The number of aromatic nitrogens is 4. The van der Waals surface area contributed by atoms with Gasteiger partial charge in [0.2, 0.25) is 0 Å². The van der Waals surface area contributed by atoms with Gasteiger partial charge >= 0.3 is 12.0 Å². The summed E-state index contributed by atoms with van der Waals surface area (Å²) in [6.07, 6.45) is 1.66. The van der Waals surface area contributed by atoms with E-state index in [2.05, 4.69) is 20.0 Å². The quantitative estimate of drug-likeness (QED) is 0.187. The summed E-state index contributed by atoms with van der Waals surface area (Å²) in [5, 5.41) is 25.0. The highest BCUT2D eigenvalue weighted by Gasteiger charge is 2.49. The normalized spacial score (nSPS) is 20.7. The van der Waals surface area contributed by atoms with Gasteiger partial charge in [-0.2, -0.15) is 15.1 Å². The van der Waals surface area contributed by atoms with Gasteiger partial charge in [0.15, 0.2) is 11.5 Å². The molecule has 0 saturated carbocycles. The molecule has 0 aliphatic carbocycles. The minimum atomic E-state index is -1.18. The Balaban J connectivity index is 1.30. The number of phenols is 1. The highest BCUT2D eigenvalue weighted by atomic mass is 19.1. The second-order valence-electron chi connectivity index (χ2n) is 13.4. The molecule has 2 atom stereocenters. The lowest BCUT2D eigenvalue weighted by atomic mass is 9.91. The van der Waals surface area contributed by atoms with E-state index in [0.29, 0.717) is 43.6 Å². The first-order chi connectivity index (χ1) is 24.0. The number of aryl methyl sites for hydroxylation is 2. The number of nitrogens with zero attached hydrogens (tertiary/aromatic N) is 6. The van der Waals surface area contributed by atoms with Crippen molar-refractivity contribution >= 4 is 33.5 Å². The van der Waals surface area contributed by atoms with Gasteiger partial charge < -0.3 is 19.8 Å². The lowest BCUT2D eigenvalue weighted by Crippen LogP contribution is -2.43. The Morgan fingerprint density at radius 3 is 2.70 bits per heavy atom. The van der Waals surface area contributed by atoms with Crippen LogP contribution in [0.5, 0.6) is 11.8 Å². The van der Waals surface area contributed by atoms with Crippen LogP contribution in [0.15, 0.2) is 36.4 Å². The van der Waals surface area contributed by atoms with Crippen LogP contribution in [-0.4, -0.2) is 78.8 Å². The summed E-state index contributed by atoms with van der Waals surface area (Å²) in [4.78, 5) is 24.7. The fraction of sp³-hybridized carbons (Fsp3) is 0.389. The average Bonchev–Trinajstić information content (AvgIpc) is 3.71. The van der Waals surface area contributed by atoms with Crippen LogP contribution >= 0.6 is 0 Å². The molecule has 3 aliphatic heterocycles. The molecule has 14 heteroatoms. The number of ether oxygens (including phenoxy) is 1. The van der Waals surface area contributed by atoms with Crippen LogP contribution < -0.4 is 9.64 Å². The third-order valence-corrected chi connectivity index (χ3v) is 10.4. The SMILES string of the molecule is CCc1c(F)ccc2cc(O)cc(-c3c(F)cc4c(N5CCCn6nc(C(=O)O)cc6C5)nc(OC[C@@]56CCCN5C[C@H](F)C6)nc4c3F)c12. The molecule has 8 rings (SSSR count). The number of hydrogen-bond donors (Lipinski definition) is 2. The van der Waals surface area contributed by atoms with Crippen LogP contribution in [0.25, 0.3) is 32.8 Å². The number of carbonyl (C=O) groups is 1. The Morgan fingerprint density at radius 1 is 1.06 bits per heavy atom. The van der Waals surface area contributed by atoms with Gasteiger partial charge in [-0.15, -0.1) is 0 Å². The number of alkyl halides is 1. The van der Waals surface area contributed by atoms with Crippen LogP contribution in [0.1, 0.15) is 54.4 Å². The minimum absolute atomic E-state index is 0.0313. The Hall–Kier alpha value is -4.98. The molecule has 0 unspecified atom stereocenters. The van der Waals surface area contributed by atoms with Crippen LogP contribution in [0.3, 0.4) is 0 Å². The molecule has 0 spiro atoms. The number of aromatic hydroxyl groups is 1. The van der Waals surface area contributed by atoms with Crippen molar-refractivity contribution in [3.63, 3.8) is 0 Å². The highest BCUT2D eigenvalue weighted by Crippen LogP contribution is 2.43. The van der Waals surface area contributed by atoms with Gasteiger partial charge in [0.1, 0.15) is 41.5 Å². The number of rotatable bonds is 7. The molecule has 0 amide bonds. The van der Waals surface area contributed by atoms with Crippen molar-refractivity contribution in [1.29, 1.82) is 0 Å². The number of fused-ring (bicyclic) bond motifs is 4. The number of hydrogen-bond acceptors (Lipinski definition) is 8. The molecule has 10 nitrogen and oxygen atoms in total. The Bertz CT molecular complexity index is 2190. The molecule has 0 radical (unpaired) electrons. The summed E-state index contributed by atoms with van der Waals surface area (Å²) in [6, 6.07) is 7.74. The van der Waals surface area contributed by atoms with Gasteiger partial charge in [0.25, 0.3) is 0 Å². The second-order valence-corrected chi connectivity index (χ2v) is 13.4. The number of carboxylic acid groups (broad SMARTS) is 1. The lowest BCUT2D eigenvalue weighted by molar-refractivity contribution is 0.0689. The van der Waals surface area contributed by atoms with Crippen molar-refractivity contribution < 1.29 is 37.3 Å². The molecule has 0 bridgehead atoms. The van der Waals surface area contributed by atoms with E-state index in [1.807, 2.05) is 0 Å². The van der Waals surface area contributed by atoms with Crippen molar-refractivity contribution in [3.8, 4) is 22.9 Å². The highest BCUT2D eigenvalue weighted by molar-refractivity contribution is 6.03. The van der Waals surface area contributed by atoms with E-state index in [1.165, 1.54) is 30.3 Å². The first-order valence-corrected chi connectivity index (χ1v) is 16.8. The summed E-state index contributed by atoms with van der Waals surface area (Å²) in [6.45, 7) is 3.79. The molecule has 3 aromatic carbocycles. The van der Waals surface area contributed by atoms with E-state index in [-0.39, 0.29) is 70.3 Å². The van der Waals surface area contributed by atoms with Gasteiger partial charge in [-0.25, -0.2) is 22.4 Å². The summed E-state index contributed by atoms with van der Waals surface area (Å²) < 4.78 is 70.8. The van der Waals surface area contributed by atoms with E-state index in [0.717, 1.165) is 25.5 Å². The third-order valence-electron chi connectivity index (χ3n) is 10.4. The fourth-order valence-electron chi connectivity index (χ4n) is 8.15. The zero-order valence-corrected chi connectivity index (χ0v) is 27.2. The zero-order chi connectivity index (χ0) is 34.9. The Labute approximate surface area is 283 Å². The maximum atomic E-state index is 17.0. The second kappa shape index (κ2) is 12.1. The van der Waals surface area contributed by atoms with Gasteiger partial charge in [-0.05, 0) is 84.5 Å². The molecule has 2 saturated heterocycles. The van der Waals surface area contributed by atoms with Gasteiger partial charge in [-0.1, -0.05) is 13.0 Å². The van der Waals surface area contributed by atoms with Crippen LogP contribution in [-0.2, 0) is 19.5 Å². The Morgan fingerprint density at radius 2 is 1.90 bits per heavy atom. The summed E-state index contributed by atoms with van der Waals surface area (Å²) in [7, 11) is 0. The van der Waals surface area contributed by atoms with E-state index in [4.69, 9.17) is 4.74 Å². The largest absolute Gasteiger partial charge is 0.508 e. The molecule has 2 N–H and O–H groups in total. The number of halogens is 4. The van der Waals surface area contributed by atoms with Crippen LogP contribution in [0, 0.1) is 17.5 Å². The maximum Gasteiger partial charge on any atom is 0.356 e. The van der Waals surface area contributed by atoms with Crippen LogP contribution in [0.4, 0.5) is 23.4 Å². The van der Waals surface area contributed by atoms with E-state index < -0.39 is 40.7 Å². The fourth-order valence-corrected chi connectivity index (χ4v) is 8.15. The zero-order valence-electron chi connectivity index (χ0n) is 27.2. The topological polar surface area (TPSA) is 117 Å². The summed E-state index contributed by atoms with van der Waals surface area (Å²) in [5.41, 5.74) is -0.631. The van der Waals surface area contributed by atoms with Crippen molar-refractivity contribution in [3.05, 3.63) is 70.8 Å². The molecule has 50 heavy (non-hydrogen) atoms. The van der Waals surface area contributed by atoms with Crippen molar-refractivity contribution in [2.45, 2.75) is 63.8 Å². The van der Waals surface area contributed by atoms with Gasteiger partial charge in [-0.3, -0.25) is 9.58 Å². The average molecular weight is 691 g/mol. The van der Waals surface area contributed by atoms with E-state index in [1.54, 1.807) is 16.5 Å². The van der Waals surface area contributed by atoms with Crippen molar-refractivity contribution in [1.82, 2.24) is 24.6 Å². The summed E-state index contributed by atoms with van der Waals surface area (Å²) >= 11 is 0. The van der Waals surface area contributed by atoms with E-state index in [9.17, 15) is 19.4 Å². The van der Waals surface area contributed by atoms with E-state index >= 15 is 13.2 Å². The third kappa shape index (κ3) is 5.27. The molecule has 260 valence electrons. The lowest BCUT2D eigenvalue weighted by Gasteiger charge is -2.31. The van der Waals surface area contributed by atoms with Gasteiger partial charge in [0, 0.05) is 31.4 Å². The molecule has 5 aromatic rings. The van der Waals surface area contributed by atoms with Crippen molar-refractivity contribution in [2.24, 2.45) is 0 Å². The monoisotopic (exact) mass is 690 g/mol. The molecule has 2 aromatic heterocycles.